The molecule has 10 heteroatoms. The van der Waals surface area contributed by atoms with Gasteiger partial charge in [-0.15, -0.1) is 11.6 Å². The minimum absolute atomic E-state index is 0.0580. The number of carbonyl (C=O) groups is 1. The van der Waals surface area contributed by atoms with Gasteiger partial charge >= 0.3 is 6.11 Å². The van der Waals surface area contributed by atoms with Gasteiger partial charge in [0.05, 0.1) is 6.04 Å². The van der Waals surface area contributed by atoms with Crippen LogP contribution in [0.25, 0.3) is 11.1 Å². The molecule has 0 fully saturated rings. The monoisotopic (exact) mass is 503 g/mol. The SMILES string of the molecule is O=C(NC(CCl)c1ccc(-c2ccc(OC(F)(F)C(F)Cl)cc2)cc1)c1c(F)cccc1F. The lowest BCUT2D eigenvalue weighted by molar-refractivity contribution is -0.199. The number of hydrogen-bond acceptors (Lipinski definition) is 2. The van der Waals surface area contributed by atoms with E-state index in [1.165, 1.54) is 24.3 Å². The number of halogens is 7. The molecule has 2 atom stereocenters. The van der Waals surface area contributed by atoms with Gasteiger partial charge in [-0.2, -0.15) is 8.78 Å². The van der Waals surface area contributed by atoms with E-state index in [0.717, 1.165) is 18.2 Å². The Labute approximate surface area is 196 Å². The minimum Gasteiger partial charge on any atom is -0.429 e. The van der Waals surface area contributed by atoms with Crippen molar-refractivity contribution in [2.45, 2.75) is 17.8 Å². The van der Waals surface area contributed by atoms with Crippen LogP contribution in [-0.2, 0) is 0 Å². The standard InChI is InChI=1S/C23H16Cl2F5NO2/c24-12-19(31-21(32)20-17(26)2-1-3-18(20)27)15-6-4-13(5-7-15)14-8-10-16(11-9-14)33-23(29,30)22(25)28/h1-11,19,22H,12H2,(H,31,32). The second-order valence-corrected chi connectivity index (χ2v) is 7.58. The maximum atomic E-state index is 13.8. The van der Waals surface area contributed by atoms with Crippen molar-refractivity contribution in [1.82, 2.24) is 5.32 Å². The normalized spacial score (nSPS) is 13.3. The lowest BCUT2D eigenvalue weighted by Gasteiger charge is -2.18. The van der Waals surface area contributed by atoms with Gasteiger partial charge in [-0.1, -0.05) is 54.1 Å². The molecule has 0 aliphatic rings. The van der Waals surface area contributed by atoms with Gasteiger partial charge in [-0.25, -0.2) is 13.2 Å². The van der Waals surface area contributed by atoms with E-state index >= 15 is 0 Å². The van der Waals surface area contributed by atoms with Crippen LogP contribution in [-0.4, -0.2) is 23.5 Å². The van der Waals surface area contributed by atoms with Gasteiger partial charge in [-0.05, 0) is 41.0 Å². The summed E-state index contributed by atoms with van der Waals surface area (Å²) in [7, 11) is 0. The van der Waals surface area contributed by atoms with E-state index < -0.39 is 40.9 Å². The van der Waals surface area contributed by atoms with E-state index in [1.54, 1.807) is 24.3 Å². The van der Waals surface area contributed by atoms with Crippen molar-refractivity contribution in [3.63, 3.8) is 0 Å². The van der Waals surface area contributed by atoms with E-state index in [2.05, 4.69) is 10.1 Å². The average Bonchev–Trinajstić information content (AvgIpc) is 2.78. The molecular formula is C23H16Cl2F5NO2. The van der Waals surface area contributed by atoms with E-state index in [-0.39, 0.29) is 11.6 Å². The molecule has 3 aromatic carbocycles. The summed E-state index contributed by atoms with van der Waals surface area (Å²) in [6.07, 6.45) is -4.17. The van der Waals surface area contributed by atoms with Crippen molar-refractivity contribution < 1.29 is 31.5 Å². The summed E-state index contributed by atoms with van der Waals surface area (Å²) < 4.78 is 71.1. The first-order chi connectivity index (χ1) is 15.6. The molecule has 0 saturated carbocycles. The predicted molar refractivity (Wildman–Crippen MR) is 115 cm³/mol. The van der Waals surface area contributed by atoms with Crippen LogP contribution in [0, 0.1) is 11.6 Å². The van der Waals surface area contributed by atoms with Gasteiger partial charge in [0, 0.05) is 5.88 Å². The topological polar surface area (TPSA) is 38.3 Å². The van der Waals surface area contributed by atoms with Crippen LogP contribution in [0.5, 0.6) is 5.75 Å². The third kappa shape index (κ3) is 5.94. The number of hydrogen-bond donors (Lipinski definition) is 1. The van der Waals surface area contributed by atoms with Crippen LogP contribution < -0.4 is 10.1 Å². The second-order valence-electron chi connectivity index (χ2n) is 6.89. The highest BCUT2D eigenvalue weighted by Crippen LogP contribution is 2.31. The van der Waals surface area contributed by atoms with Crippen LogP contribution in [0.15, 0.2) is 66.7 Å². The number of ether oxygens (including phenoxy) is 1. The first-order valence-electron chi connectivity index (χ1n) is 9.48. The van der Waals surface area contributed by atoms with Crippen LogP contribution in [0.1, 0.15) is 22.0 Å². The first kappa shape index (κ1) is 24.8. The number of carbonyl (C=O) groups excluding carboxylic acids is 1. The molecular weight excluding hydrogens is 488 g/mol. The van der Waals surface area contributed by atoms with Gasteiger partial charge < -0.3 is 10.1 Å². The van der Waals surface area contributed by atoms with Gasteiger partial charge in [0.25, 0.3) is 11.5 Å². The smallest absolute Gasteiger partial charge is 0.429 e. The second kappa shape index (κ2) is 10.4. The molecule has 0 spiro atoms. The zero-order valence-corrected chi connectivity index (χ0v) is 18.2. The van der Waals surface area contributed by atoms with Crippen LogP contribution in [0.4, 0.5) is 22.0 Å². The van der Waals surface area contributed by atoms with Crippen molar-refractivity contribution in [1.29, 1.82) is 0 Å². The van der Waals surface area contributed by atoms with Crippen molar-refractivity contribution in [2.24, 2.45) is 0 Å². The molecule has 3 nitrogen and oxygen atoms in total. The number of amides is 1. The fourth-order valence-electron chi connectivity index (χ4n) is 2.98. The molecule has 1 amide bonds. The lowest BCUT2D eigenvalue weighted by Crippen LogP contribution is -2.32. The highest BCUT2D eigenvalue weighted by atomic mass is 35.5. The Balaban J connectivity index is 1.73. The quantitative estimate of drug-likeness (QED) is 0.269. The maximum absolute atomic E-state index is 13.8. The molecule has 33 heavy (non-hydrogen) atoms. The molecule has 0 saturated heterocycles. The number of benzene rings is 3. The number of nitrogens with one attached hydrogen (secondary N) is 1. The molecule has 0 aliphatic heterocycles. The third-order valence-corrected chi connectivity index (χ3v) is 5.22. The number of alkyl halides is 5. The minimum atomic E-state index is -4.17. The molecule has 0 heterocycles. The van der Waals surface area contributed by atoms with Gasteiger partial charge in [0.1, 0.15) is 22.9 Å². The Hall–Kier alpha value is -2.84. The predicted octanol–water partition coefficient (Wildman–Crippen LogP) is 6.85. The zero-order valence-electron chi connectivity index (χ0n) is 16.7. The van der Waals surface area contributed by atoms with Crippen molar-refractivity contribution in [3.8, 4) is 16.9 Å². The third-order valence-electron chi connectivity index (χ3n) is 4.66. The summed E-state index contributed by atoms with van der Waals surface area (Å²) in [5.41, 5.74) is -1.78. The highest BCUT2D eigenvalue weighted by Gasteiger charge is 2.42. The van der Waals surface area contributed by atoms with E-state index in [9.17, 15) is 26.7 Å². The maximum Gasteiger partial charge on any atom is 0.444 e. The average molecular weight is 504 g/mol. The van der Waals surface area contributed by atoms with Crippen LogP contribution >= 0.6 is 23.2 Å². The summed E-state index contributed by atoms with van der Waals surface area (Å²) in [6.45, 7) is 0. The highest BCUT2D eigenvalue weighted by molar-refractivity contribution is 6.20. The largest absolute Gasteiger partial charge is 0.444 e. The molecule has 0 radical (unpaired) electrons. The Morgan fingerprint density at radius 1 is 0.939 bits per heavy atom. The van der Waals surface area contributed by atoms with Crippen molar-refractivity contribution in [2.75, 3.05) is 5.88 Å². The molecule has 3 rings (SSSR count). The zero-order chi connectivity index (χ0) is 24.2. The molecule has 174 valence electrons. The van der Waals surface area contributed by atoms with Crippen molar-refractivity contribution >= 4 is 29.1 Å². The van der Waals surface area contributed by atoms with Crippen LogP contribution in [0.2, 0.25) is 0 Å². The molecule has 0 aromatic heterocycles. The van der Waals surface area contributed by atoms with Crippen molar-refractivity contribution in [3.05, 3.63) is 89.5 Å². The molecule has 1 N–H and O–H groups in total. The fraction of sp³-hybridized carbons (Fsp3) is 0.174. The molecule has 3 aromatic rings. The van der Waals surface area contributed by atoms with Crippen LogP contribution in [0.3, 0.4) is 0 Å². The Bertz CT molecular complexity index is 1090. The Morgan fingerprint density at radius 2 is 1.45 bits per heavy atom. The Kier molecular flexibility index (Phi) is 7.81. The summed E-state index contributed by atoms with van der Waals surface area (Å²) in [5.74, 6) is -3.25. The van der Waals surface area contributed by atoms with E-state index in [4.69, 9.17) is 23.2 Å². The van der Waals surface area contributed by atoms with Gasteiger partial charge in [0.2, 0.25) is 0 Å². The molecule has 0 aliphatic carbocycles. The van der Waals surface area contributed by atoms with Gasteiger partial charge in [0.15, 0.2) is 0 Å². The lowest BCUT2D eigenvalue weighted by atomic mass is 10.0. The Morgan fingerprint density at radius 3 is 1.94 bits per heavy atom. The molecule has 2 unspecified atom stereocenters. The fourth-order valence-corrected chi connectivity index (χ4v) is 3.28. The summed E-state index contributed by atoms with van der Waals surface area (Å²) in [4.78, 5) is 12.3. The first-order valence-corrected chi connectivity index (χ1v) is 10.5. The molecule has 0 bridgehead atoms. The van der Waals surface area contributed by atoms with E-state index in [0.29, 0.717) is 16.7 Å². The summed E-state index contributed by atoms with van der Waals surface area (Å²) in [6, 6.07) is 14.5. The van der Waals surface area contributed by atoms with Gasteiger partial charge in [-0.3, -0.25) is 4.79 Å². The van der Waals surface area contributed by atoms with E-state index in [1.807, 2.05) is 0 Å². The number of rotatable bonds is 8. The summed E-state index contributed by atoms with van der Waals surface area (Å²) >= 11 is 10.7. The summed E-state index contributed by atoms with van der Waals surface area (Å²) in [5, 5.41) is 2.50.